The van der Waals surface area contributed by atoms with Crippen LogP contribution in [0.4, 0.5) is 5.69 Å². The zero-order valence-electron chi connectivity index (χ0n) is 28.5. The van der Waals surface area contributed by atoms with Gasteiger partial charge in [0.25, 0.3) is 5.56 Å². The first-order chi connectivity index (χ1) is 22.2. The second kappa shape index (κ2) is 16.7. The predicted molar refractivity (Wildman–Crippen MR) is 191 cm³/mol. The van der Waals surface area contributed by atoms with E-state index < -0.39 is 0 Å². The Labute approximate surface area is 275 Å². The van der Waals surface area contributed by atoms with E-state index in [4.69, 9.17) is 4.99 Å². The van der Waals surface area contributed by atoms with Crippen molar-refractivity contribution in [3.05, 3.63) is 75.5 Å². The summed E-state index contributed by atoms with van der Waals surface area (Å²) in [4.78, 5) is 46.6. The van der Waals surface area contributed by atoms with Gasteiger partial charge in [0.15, 0.2) is 5.78 Å². The third-order valence-electron chi connectivity index (χ3n) is 10.5. The Morgan fingerprint density at radius 3 is 2.39 bits per heavy atom. The van der Waals surface area contributed by atoms with Crippen molar-refractivity contribution in [2.24, 2.45) is 22.7 Å². The number of aromatic nitrogens is 1. The Morgan fingerprint density at radius 2 is 1.74 bits per heavy atom. The maximum atomic E-state index is 12.9. The minimum atomic E-state index is -0.0376. The highest BCUT2D eigenvalue weighted by Gasteiger charge is 2.31. The number of rotatable bonds is 13. The first-order valence-electron chi connectivity index (χ1n) is 17.4. The van der Waals surface area contributed by atoms with Gasteiger partial charge in [-0.3, -0.25) is 19.4 Å². The SMILES string of the molecule is C=CC(=O)C1CCC(CCn2c(=O)cc/c(=C/N=C(C)[C@@H](C)c3ccc(N4CCN(C(=O)CCCC)CC4)cc3)c2=C)C(CC)C1. The molecule has 1 aliphatic carbocycles. The molecule has 0 N–H and O–H groups in total. The van der Waals surface area contributed by atoms with E-state index >= 15 is 0 Å². The van der Waals surface area contributed by atoms with E-state index in [1.54, 1.807) is 10.6 Å². The number of ketones is 1. The maximum absolute atomic E-state index is 12.9. The Bertz CT molecular complexity index is 1550. The largest absolute Gasteiger partial charge is 0.368 e. The molecule has 1 saturated carbocycles. The number of aliphatic imine (C=N–C) groups is 1. The average molecular weight is 627 g/mol. The van der Waals surface area contributed by atoms with Gasteiger partial charge in [-0.05, 0) is 80.7 Å². The Hall–Kier alpha value is -3.74. The Balaban J connectivity index is 1.38. The summed E-state index contributed by atoms with van der Waals surface area (Å²) in [6.07, 6.45) is 10.7. The summed E-state index contributed by atoms with van der Waals surface area (Å²) >= 11 is 0. The summed E-state index contributed by atoms with van der Waals surface area (Å²) in [5, 5.41) is 1.54. The van der Waals surface area contributed by atoms with Crippen molar-refractivity contribution in [1.82, 2.24) is 9.47 Å². The molecule has 3 unspecified atom stereocenters. The summed E-state index contributed by atoms with van der Waals surface area (Å²) < 4.78 is 1.79. The number of hydrogen-bond donors (Lipinski definition) is 0. The lowest BCUT2D eigenvalue weighted by Crippen LogP contribution is -2.48. The van der Waals surface area contributed by atoms with Crippen molar-refractivity contribution in [1.29, 1.82) is 0 Å². The quantitative estimate of drug-likeness (QED) is 0.212. The van der Waals surface area contributed by atoms with Crippen LogP contribution in [0.2, 0.25) is 0 Å². The van der Waals surface area contributed by atoms with E-state index in [9.17, 15) is 14.4 Å². The molecule has 4 rings (SSSR count). The number of pyridine rings is 1. The number of carbonyl (C=O) groups is 2. The van der Waals surface area contributed by atoms with Gasteiger partial charge >= 0.3 is 0 Å². The number of unbranched alkanes of at least 4 members (excludes halogenated alkanes) is 1. The molecule has 1 aromatic carbocycles. The van der Waals surface area contributed by atoms with E-state index in [1.165, 1.54) is 17.3 Å². The van der Waals surface area contributed by atoms with Gasteiger partial charge in [-0.15, -0.1) is 0 Å². The van der Waals surface area contributed by atoms with Crippen molar-refractivity contribution in [2.75, 3.05) is 31.1 Å². The van der Waals surface area contributed by atoms with E-state index in [-0.39, 0.29) is 29.1 Å². The molecule has 0 spiro atoms. The number of allylic oxidation sites excluding steroid dienone is 1. The number of amides is 1. The lowest BCUT2D eigenvalue weighted by Gasteiger charge is -2.36. The van der Waals surface area contributed by atoms with E-state index in [2.05, 4.69) is 63.1 Å². The fourth-order valence-corrected chi connectivity index (χ4v) is 7.12. The fourth-order valence-electron chi connectivity index (χ4n) is 7.12. The number of hydrogen-bond acceptors (Lipinski definition) is 5. The summed E-state index contributed by atoms with van der Waals surface area (Å²) in [7, 11) is 0. The van der Waals surface area contributed by atoms with Gasteiger partial charge in [-0.1, -0.05) is 58.9 Å². The maximum Gasteiger partial charge on any atom is 0.250 e. The number of nitrogens with zero attached hydrogens (tertiary/aromatic N) is 4. The molecule has 4 atom stereocenters. The molecule has 1 aromatic heterocycles. The highest BCUT2D eigenvalue weighted by Crippen LogP contribution is 2.38. The van der Waals surface area contributed by atoms with Gasteiger partial charge in [0.1, 0.15) is 0 Å². The number of carbonyl (C=O) groups excluding carboxylic acids is 2. The van der Waals surface area contributed by atoms with Crippen LogP contribution in [0.5, 0.6) is 0 Å². The standard InChI is InChI=1S/C39H54N4O3/c1-7-10-11-38(45)42-24-22-41(23-25-42)36-17-14-32(15-18-36)28(4)29(5)40-27-35-16-19-39(46)43(30(35)6)21-20-33-12-13-34(37(44)9-3)26-31(33)8-2/h9,14-19,27-28,31,33-34H,3,6-8,10-13,20-26H2,1-2,4-5H3/b35-27-,40-29?/t28-,31?,33?,34?/m1/s1. The van der Waals surface area contributed by atoms with Crippen LogP contribution in [0.25, 0.3) is 12.8 Å². The molecule has 2 aliphatic rings. The van der Waals surface area contributed by atoms with Gasteiger partial charge in [-0.25, -0.2) is 0 Å². The summed E-state index contributed by atoms with van der Waals surface area (Å²) in [6, 6.07) is 12.1. The van der Waals surface area contributed by atoms with Crippen LogP contribution in [-0.4, -0.2) is 53.0 Å². The highest BCUT2D eigenvalue weighted by atomic mass is 16.2. The summed E-state index contributed by atoms with van der Waals surface area (Å²) in [5.74, 6) is 1.66. The summed E-state index contributed by atoms with van der Waals surface area (Å²) in [5.41, 5.74) is 3.33. The van der Waals surface area contributed by atoms with Gasteiger partial charge in [0.05, 0.1) is 0 Å². The van der Waals surface area contributed by atoms with E-state index in [0.29, 0.717) is 30.2 Å². The number of anilines is 1. The molecule has 7 heteroatoms. The van der Waals surface area contributed by atoms with Crippen molar-refractivity contribution in [3.8, 4) is 0 Å². The first-order valence-corrected chi connectivity index (χ1v) is 17.4. The molecule has 2 aromatic rings. The molecule has 2 fully saturated rings. The van der Waals surface area contributed by atoms with Crippen molar-refractivity contribution in [3.63, 3.8) is 0 Å². The van der Waals surface area contributed by atoms with Crippen molar-refractivity contribution in [2.45, 2.75) is 91.5 Å². The fraction of sp³-hybridized carbons (Fsp3) is 0.538. The monoisotopic (exact) mass is 626 g/mol. The van der Waals surface area contributed by atoms with Crippen LogP contribution < -0.4 is 21.0 Å². The normalized spacial score (nSPS) is 21.7. The lowest BCUT2D eigenvalue weighted by atomic mass is 9.70. The van der Waals surface area contributed by atoms with Gasteiger partial charge in [0.2, 0.25) is 5.91 Å². The van der Waals surface area contributed by atoms with Crippen molar-refractivity contribution >= 4 is 35.9 Å². The molecular weight excluding hydrogens is 572 g/mol. The predicted octanol–water partition coefficient (Wildman–Crippen LogP) is 5.69. The minimum Gasteiger partial charge on any atom is -0.368 e. The van der Waals surface area contributed by atoms with Crippen LogP contribution in [0.3, 0.4) is 0 Å². The molecule has 7 nitrogen and oxygen atoms in total. The highest BCUT2D eigenvalue weighted by molar-refractivity contribution is 5.91. The Morgan fingerprint density at radius 1 is 1.02 bits per heavy atom. The van der Waals surface area contributed by atoms with Crippen LogP contribution >= 0.6 is 0 Å². The zero-order chi connectivity index (χ0) is 33.2. The molecule has 248 valence electrons. The molecule has 1 aliphatic heterocycles. The summed E-state index contributed by atoms with van der Waals surface area (Å²) in [6.45, 7) is 20.4. The topological polar surface area (TPSA) is 75.0 Å². The number of piperazine rings is 1. The van der Waals surface area contributed by atoms with Crippen molar-refractivity contribution < 1.29 is 9.59 Å². The van der Waals surface area contributed by atoms with Crippen LogP contribution in [0, 0.1) is 17.8 Å². The second-order valence-electron chi connectivity index (χ2n) is 13.2. The molecule has 46 heavy (non-hydrogen) atoms. The smallest absolute Gasteiger partial charge is 0.250 e. The van der Waals surface area contributed by atoms with Crippen LogP contribution in [0.15, 0.2) is 58.8 Å². The molecular formula is C39H54N4O3. The number of benzene rings is 1. The van der Waals surface area contributed by atoms with Gasteiger partial charge < -0.3 is 14.4 Å². The van der Waals surface area contributed by atoms with Gasteiger partial charge in [-0.2, -0.15) is 0 Å². The average Bonchev–Trinajstić information content (AvgIpc) is 3.09. The third-order valence-corrected chi connectivity index (χ3v) is 10.5. The minimum absolute atomic E-state index is 0.0376. The second-order valence-corrected chi connectivity index (χ2v) is 13.2. The van der Waals surface area contributed by atoms with Gasteiger partial charge in [0, 0.05) is 85.2 Å². The molecule has 1 amide bonds. The lowest BCUT2D eigenvalue weighted by molar-refractivity contribution is -0.131. The third kappa shape index (κ3) is 8.74. The van der Waals surface area contributed by atoms with Crippen LogP contribution in [0.1, 0.15) is 90.5 Å². The van der Waals surface area contributed by atoms with Crippen LogP contribution in [-0.2, 0) is 16.1 Å². The molecule has 0 radical (unpaired) electrons. The molecule has 2 heterocycles. The Kier molecular flexibility index (Phi) is 12.8. The molecule has 0 bridgehead atoms. The zero-order valence-corrected chi connectivity index (χ0v) is 28.5. The first kappa shape index (κ1) is 35.1. The van der Waals surface area contributed by atoms with E-state index in [0.717, 1.165) is 82.1 Å². The van der Waals surface area contributed by atoms with E-state index in [1.807, 2.05) is 24.1 Å². The molecule has 1 saturated heterocycles.